The summed E-state index contributed by atoms with van der Waals surface area (Å²) in [7, 11) is 0. The Hall–Kier alpha value is -1.02. The molecule has 25 heavy (non-hydrogen) atoms. The summed E-state index contributed by atoms with van der Waals surface area (Å²) in [5.74, 6) is 1.91. The molecular weight excluding hydrogens is 427 g/mol. The van der Waals surface area contributed by atoms with E-state index in [-0.39, 0.29) is 30.1 Å². The highest BCUT2D eigenvalue weighted by Gasteiger charge is 2.27. The van der Waals surface area contributed by atoms with Gasteiger partial charge >= 0.3 is 0 Å². The van der Waals surface area contributed by atoms with Crippen LogP contribution in [-0.2, 0) is 6.42 Å². The number of likely N-dealkylation sites (N-methyl/N-ethyl adjacent to an activating group) is 1. The second-order valence-corrected chi connectivity index (χ2v) is 6.56. The Bertz CT molecular complexity index is 537. The lowest BCUT2D eigenvalue weighted by Crippen LogP contribution is -2.42. The first-order valence-corrected chi connectivity index (χ1v) is 9.31. The van der Waals surface area contributed by atoms with E-state index in [4.69, 9.17) is 9.73 Å². The number of ether oxygens (including phenoxy) is 1. The average Bonchev–Trinajstić information content (AvgIpc) is 3.35. The van der Waals surface area contributed by atoms with E-state index < -0.39 is 0 Å². The maximum Gasteiger partial charge on any atom is 0.191 e. The lowest BCUT2D eigenvalue weighted by Gasteiger charge is -2.21. The molecule has 1 heterocycles. The van der Waals surface area contributed by atoms with Crippen molar-refractivity contribution in [3.63, 3.8) is 0 Å². The Morgan fingerprint density at radius 3 is 2.72 bits per heavy atom. The molecule has 1 fully saturated rings. The first-order valence-electron chi connectivity index (χ1n) is 9.31. The van der Waals surface area contributed by atoms with Crippen molar-refractivity contribution in [2.24, 2.45) is 4.99 Å². The highest BCUT2D eigenvalue weighted by molar-refractivity contribution is 14.0. The molecule has 2 N–H and O–H groups in total. The van der Waals surface area contributed by atoms with Gasteiger partial charge in [-0.3, -0.25) is 4.90 Å². The lowest BCUT2D eigenvalue weighted by molar-refractivity contribution is 0.241. The number of halogens is 1. The van der Waals surface area contributed by atoms with Crippen LogP contribution in [0.25, 0.3) is 0 Å². The number of para-hydroxylation sites is 1. The predicted octanol–water partition coefficient (Wildman–Crippen LogP) is 2.65. The molecule has 0 aromatic heterocycles. The zero-order chi connectivity index (χ0) is 16.8. The van der Waals surface area contributed by atoms with Gasteiger partial charge in [0, 0.05) is 32.1 Å². The van der Waals surface area contributed by atoms with Gasteiger partial charge in [-0.1, -0.05) is 25.1 Å². The van der Waals surface area contributed by atoms with Crippen LogP contribution in [0.15, 0.2) is 29.3 Å². The van der Waals surface area contributed by atoms with Crippen LogP contribution in [-0.4, -0.2) is 55.7 Å². The van der Waals surface area contributed by atoms with E-state index >= 15 is 0 Å². The number of aliphatic imine (C=N–C) groups is 1. The van der Waals surface area contributed by atoms with Crippen molar-refractivity contribution >= 4 is 29.9 Å². The van der Waals surface area contributed by atoms with Crippen molar-refractivity contribution in [1.82, 2.24) is 15.5 Å². The van der Waals surface area contributed by atoms with E-state index in [0.717, 1.165) is 50.4 Å². The van der Waals surface area contributed by atoms with E-state index in [9.17, 15) is 0 Å². The van der Waals surface area contributed by atoms with Crippen molar-refractivity contribution in [1.29, 1.82) is 0 Å². The third-order valence-corrected chi connectivity index (χ3v) is 4.67. The largest absolute Gasteiger partial charge is 0.488 e. The fourth-order valence-electron chi connectivity index (χ4n) is 3.25. The molecule has 6 heteroatoms. The molecule has 1 aromatic rings. The third kappa shape index (κ3) is 6.02. The van der Waals surface area contributed by atoms with E-state index in [1.165, 1.54) is 18.4 Å². The molecule has 0 bridgehead atoms. The van der Waals surface area contributed by atoms with Crippen LogP contribution in [0.1, 0.15) is 32.3 Å². The van der Waals surface area contributed by atoms with Gasteiger partial charge in [0.1, 0.15) is 11.9 Å². The third-order valence-electron chi connectivity index (χ3n) is 4.67. The van der Waals surface area contributed by atoms with Gasteiger partial charge in [0.25, 0.3) is 0 Å². The summed E-state index contributed by atoms with van der Waals surface area (Å²) in [5, 5.41) is 6.78. The van der Waals surface area contributed by atoms with Crippen LogP contribution in [0.2, 0.25) is 0 Å². The molecule has 0 saturated heterocycles. The number of nitrogens with one attached hydrogen (secondary N) is 2. The van der Waals surface area contributed by atoms with Crippen molar-refractivity contribution in [3.8, 4) is 5.75 Å². The minimum atomic E-state index is 0. The molecule has 0 spiro atoms. The van der Waals surface area contributed by atoms with Gasteiger partial charge in [0.15, 0.2) is 5.96 Å². The molecule has 140 valence electrons. The highest BCUT2D eigenvalue weighted by atomic mass is 127. The van der Waals surface area contributed by atoms with Crippen LogP contribution in [0.3, 0.4) is 0 Å². The zero-order valence-electron chi connectivity index (χ0n) is 15.3. The fourth-order valence-corrected chi connectivity index (χ4v) is 3.25. The summed E-state index contributed by atoms with van der Waals surface area (Å²) in [6, 6.07) is 9.09. The minimum absolute atomic E-state index is 0. The van der Waals surface area contributed by atoms with Gasteiger partial charge in [-0.05, 0) is 37.9 Å². The second-order valence-electron chi connectivity index (χ2n) is 6.56. The zero-order valence-corrected chi connectivity index (χ0v) is 17.7. The average molecular weight is 458 g/mol. The molecule has 2 aliphatic rings. The lowest BCUT2D eigenvalue weighted by atomic mass is 10.1. The highest BCUT2D eigenvalue weighted by Crippen LogP contribution is 2.28. The van der Waals surface area contributed by atoms with Crippen LogP contribution in [0.4, 0.5) is 0 Å². The van der Waals surface area contributed by atoms with Crippen molar-refractivity contribution < 1.29 is 4.74 Å². The molecule has 5 nitrogen and oxygen atoms in total. The normalized spacial score (nSPS) is 19.2. The van der Waals surface area contributed by atoms with Crippen LogP contribution < -0.4 is 15.4 Å². The first-order chi connectivity index (χ1) is 11.8. The minimum Gasteiger partial charge on any atom is -0.488 e. The molecular formula is C19H31IN4O. The summed E-state index contributed by atoms with van der Waals surface area (Å²) in [6.45, 7) is 9.04. The number of hydrogen-bond donors (Lipinski definition) is 2. The standard InChI is InChI=1S/C19H30N4O.HI/c1-3-20-19(21-11-12-23(4-2)16-9-10-16)22-14-17-13-15-7-5-6-8-18(15)24-17;/h5-8,16-17H,3-4,9-14H2,1-2H3,(H2,20,21,22);1H. The number of fused-ring (bicyclic) bond motifs is 1. The summed E-state index contributed by atoms with van der Waals surface area (Å²) < 4.78 is 5.96. The van der Waals surface area contributed by atoms with Gasteiger partial charge in [-0.2, -0.15) is 0 Å². The summed E-state index contributed by atoms with van der Waals surface area (Å²) in [4.78, 5) is 7.26. The maximum atomic E-state index is 5.96. The van der Waals surface area contributed by atoms with Gasteiger partial charge in [0.2, 0.25) is 0 Å². The molecule has 3 rings (SSSR count). The Morgan fingerprint density at radius 1 is 1.24 bits per heavy atom. The fraction of sp³-hybridized carbons (Fsp3) is 0.632. The van der Waals surface area contributed by atoms with Crippen molar-refractivity contribution in [2.75, 3.05) is 32.7 Å². The number of rotatable bonds is 8. The second kappa shape index (κ2) is 10.2. The topological polar surface area (TPSA) is 48.9 Å². The van der Waals surface area contributed by atoms with E-state index in [2.05, 4.69) is 41.5 Å². The number of guanidine groups is 1. The van der Waals surface area contributed by atoms with Gasteiger partial charge in [-0.15, -0.1) is 24.0 Å². The van der Waals surface area contributed by atoms with Crippen LogP contribution in [0.5, 0.6) is 5.75 Å². The molecule has 1 aliphatic carbocycles. The maximum absolute atomic E-state index is 5.96. The van der Waals surface area contributed by atoms with E-state index in [0.29, 0.717) is 6.54 Å². The molecule has 0 radical (unpaired) electrons. The summed E-state index contributed by atoms with van der Waals surface area (Å²) in [6.07, 6.45) is 3.82. The SMILES string of the molecule is CCNC(=NCC1Cc2ccccc2O1)NCCN(CC)C1CC1.I. The molecule has 1 saturated carbocycles. The van der Waals surface area contributed by atoms with Gasteiger partial charge < -0.3 is 15.4 Å². The monoisotopic (exact) mass is 458 g/mol. The summed E-state index contributed by atoms with van der Waals surface area (Å²) in [5.41, 5.74) is 1.29. The number of benzene rings is 1. The Kier molecular flexibility index (Phi) is 8.29. The van der Waals surface area contributed by atoms with Crippen molar-refractivity contribution in [2.45, 2.75) is 45.3 Å². The molecule has 1 atom stereocenters. The van der Waals surface area contributed by atoms with Gasteiger partial charge in [0.05, 0.1) is 6.54 Å². The molecule has 1 aromatic carbocycles. The Labute approximate surface area is 168 Å². The smallest absolute Gasteiger partial charge is 0.191 e. The van der Waals surface area contributed by atoms with E-state index in [1.54, 1.807) is 0 Å². The Balaban J connectivity index is 0.00000225. The van der Waals surface area contributed by atoms with E-state index in [1.807, 2.05) is 12.1 Å². The Morgan fingerprint density at radius 2 is 2.04 bits per heavy atom. The number of nitrogens with zero attached hydrogens (tertiary/aromatic N) is 2. The molecule has 1 unspecified atom stereocenters. The quantitative estimate of drug-likeness (QED) is 0.357. The molecule has 0 amide bonds. The van der Waals surface area contributed by atoms with Crippen LogP contribution >= 0.6 is 24.0 Å². The first kappa shape index (κ1) is 20.3. The van der Waals surface area contributed by atoms with Crippen molar-refractivity contribution in [3.05, 3.63) is 29.8 Å². The summed E-state index contributed by atoms with van der Waals surface area (Å²) >= 11 is 0. The molecule has 1 aliphatic heterocycles. The van der Waals surface area contributed by atoms with Gasteiger partial charge in [-0.25, -0.2) is 4.99 Å². The predicted molar refractivity (Wildman–Crippen MR) is 114 cm³/mol. The number of hydrogen-bond acceptors (Lipinski definition) is 3. The van der Waals surface area contributed by atoms with Crippen LogP contribution in [0, 0.1) is 0 Å².